The molecule has 0 fully saturated rings. The number of rotatable bonds is 5. The summed E-state index contributed by atoms with van der Waals surface area (Å²) in [5, 5.41) is 2.23. The highest BCUT2D eigenvalue weighted by atomic mass is 19.1. The third-order valence-electron chi connectivity index (χ3n) is 4.48. The Balaban J connectivity index is 1.86. The molecule has 1 N–H and O–H groups in total. The van der Waals surface area contributed by atoms with E-state index < -0.39 is 41.9 Å². The Kier molecular flexibility index (Phi) is 5.53. The van der Waals surface area contributed by atoms with E-state index in [1.165, 1.54) is 17.8 Å². The Morgan fingerprint density at radius 1 is 1.34 bits per heavy atom. The number of aliphatic imine (C=N–C) groups is 1. The number of anilines is 1. The molecule has 0 radical (unpaired) electrons. The molecule has 152 valence electrons. The number of amides is 4. The van der Waals surface area contributed by atoms with Gasteiger partial charge in [0.15, 0.2) is 12.5 Å². The number of carbonyl (C=O) groups is 3. The molecular formula is C19H19F2N4O4+. The normalized spacial score (nSPS) is 18.9. The number of nitrogens with one attached hydrogen (secondary N) is 1. The molecular weight excluding hydrogens is 386 g/mol. The topological polar surface area (TPSA) is 91.1 Å². The number of ether oxygens (including phenoxy) is 1. The molecule has 2 heterocycles. The van der Waals surface area contributed by atoms with E-state index in [-0.39, 0.29) is 11.5 Å². The van der Waals surface area contributed by atoms with Crippen LogP contribution in [0.5, 0.6) is 0 Å². The van der Waals surface area contributed by atoms with E-state index in [0.717, 1.165) is 17.0 Å². The number of urea groups is 1. The van der Waals surface area contributed by atoms with Gasteiger partial charge in [-0.05, 0) is 26.0 Å². The molecule has 0 aromatic heterocycles. The van der Waals surface area contributed by atoms with Crippen molar-refractivity contribution in [3.63, 3.8) is 0 Å². The van der Waals surface area contributed by atoms with Gasteiger partial charge in [-0.25, -0.2) is 13.6 Å². The molecule has 1 atom stereocenters. The van der Waals surface area contributed by atoms with Crippen LogP contribution in [-0.4, -0.2) is 59.6 Å². The van der Waals surface area contributed by atoms with E-state index >= 15 is 0 Å². The first-order valence-electron chi connectivity index (χ1n) is 8.83. The van der Waals surface area contributed by atoms with Gasteiger partial charge in [-0.15, -0.1) is 4.99 Å². The zero-order valence-electron chi connectivity index (χ0n) is 16.0. The van der Waals surface area contributed by atoms with E-state index in [9.17, 15) is 23.2 Å². The van der Waals surface area contributed by atoms with Crippen LogP contribution < -0.4 is 5.32 Å². The highest BCUT2D eigenvalue weighted by molar-refractivity contribution is 6.17. The van der Waals surface area contributed by atoms with Gasteiger partial charge in [-0.1, -0.05) is 0 Å². The molecule has 4 amide bonds. The lowest BCUT2D eigenvalue weighted by atomic mass is 9.96. The minimum absolute atomic E-state index is 0.204. The highest BCUT2D eigenvalue weighted by Crippen LogP contribution is 2.28. The van der Waals surface area contributed by atoms with Gasteiger partial charge < -0.3 is 10.1 Å². The van der Waals surface area contributed by atoms with Crippen molar-refractivity contribution in [1.29, 1.82) is 0 Å². The fourth-order valence-electron chi connectivity index (χ4n) is 3.10. The Hall–Kier alpha value is -3.43. The second kappa shape index (κ2) is 7.90. The molecule has 0 bridgehead atoms. The van der Waals surface area contributed by atoms with Crippen molar-refractivity contribution in [2.45, 2.75) is 13.8 Å². The molecule has 1 unspecified atom stereocenters. The van der Waals surface area contributed by atoms with Crippen LogP contribution in [0.2, 0.25) is 0 Å². The molecule has 0 saturated carbocycles. The van der Waals surface area contributed by atoms with Crippen molar-refractivity contribution >= 4 is 35.6 Å². The summed E-state index contributed by atoms with van der Waals surface area (Å²) >= 11 is 0. The molecule has 29 heavy (non-hydrogen) atoms. The monoisotopic (exact) mass is 405 g/mol. The SMILES string of the molecule is CCOC1=C(C)C=NC2=[N+](C)C(=O)N(CC(=O)Nc3ccc(F)cc3F)C(=O)C12. The van der Waals surface area contributed by atoms with Crippen molar-refractivity contribution in [3.05, 3.63) is 41.2 Å². The second-order valence-electron chi connectivity index (χ2n) is 6.47. The van der Waals surface area contributed by atoms with Gasteiger partial charge >= 0.3 is 11.9 Å². The molecule has 3 rings (SSSR count). The maximum atomic E-state index is 13.8. The van der Waals surface area contributed by atoms with E-state index in [0.29, 0.717) is 24.0 Å². The van der Waals surface area contributed by atoms with Gasteiger partial charge in [0.2, 0.25) is 0 Å². The third kappa shape index (κ3) is 3.78. The molecule has 1 aromatic rings. The standard InChI is InChI=1S/C19H18F2N4O4/c1-4-29-16-10(2)8-22-17-15(16)18(27)25(19(28)24(17)3)9-14(26)23-13-6-5-11(20)7-12(13)21/h5-8,15H,4,9H2,1-3H3/p+1. The fraction of sp³-hybridized carbons (Fsp3) is 0.316. The smallest absolute Gasteiger partial charge is 0.446 e. The van der Waals surface area contributed by atoms with Gasteiger partial charge in [-0.2, -0.15) is 9.48 Å². The Morgan fingerprint density at radius 3 is 2.72 bits per heavy atom. The predicted molar refractivity (Wildman–Crippen MR) is 99.6 cm³/mol. The summed E-state index contributed by atoms with van der Waals surface area (Å²) in [4.78, 5) is 42.9. The van der Waals surface area contributed by atoms with Crippen LogP contribution in [-0.2, 0) is 14.3 Å². The van der Waals surface area contributed by atoms with E-state index in [2.05, 4.69) is 10.3 Å². The van der Waals surface area contributed by atoms with Crippen LogP contribution in [0.3, 0.4) is 0 Å². The van der Waals surface area contributed by atoms with Gasteiger partial charge in [-0.3, -0.25) is 9.59 Å². The number of hydrogen-bond donors (Lipinski definition) is 1. The van der Waals surface area contributed by atoms with Crippen molar-refractivity contribution < 1.29 is 32.5 Å². The second-order valence-corrected chi connectivity index (χ2v) is 6.47. The van der Waals surface area contributed by atoms with Gasteiger partial charge in [0, 0.05) is 11.6 Å². The molecule has 2 aliphatic heterocycles. The fourth-order valence-corrected chi connectivity index (χ4v) is 3.10. The van der Waals surface area contributed by atoms with Gasteiger partial charge in [0.25, 0.3) is 11.7 Å². The molecule has 1 aromatic carbocycles. The summed E-state index contributed by atoms with van der Waals surface area (Å²) in [5.74, 6) is -3.65. The number of allylic oxidation sites excluding steroid dienone is 1. The van der Waals surface area contributed by atoms with Gasteiger partial charge in [0.1, 0.15) is 23.6 Å². The number of benzene rings is 1. The summed E-state index contributed by atoms with van der Waals surface area (Å²) in [7, 11) is 1.43. The molecule has 0 saturated heterocycles. The van der Waals surface area contributed by atoms with E-state index in [4.69, 9.17) is 4.74 Å². The Bertz CT molecular complexity index is 1000. The zero-order chi connectivity index (χ0) is 21.3. The lowest BCUT2D eigenvalue weighted by molar-refractivity contribution is -0.408. The van der Waals surface area contributed by atoms with E-state index in [1.54, 1.807) is 13.8 Å². The number of fused-ring (bicyclic) bond motifs is 1. The number of amidine groups is 1. The molecule has 0 spiro atoms. The molecule has 8 nitrogen and oxygen atoms in total. The van der Waals surface area contributed by atoms with Crippen molar-refractivity contribution in [1.82, 2.24) is 4.90 Å². The average molecular weight is 405 g/mol. The van der Waals surface area contributed by atoms with Crippen LogP contribution in [0.1, 0.15) is 13.8 Å². The van der Waals surface area contributed by atoms with Crippen LogP contribution in [0, 0.1) is 17.6 Å². The van der Waals surface area contributed by atoms with Crippen molar-refractivity contribution in [3.8, 4) is 0 Å². The van der Waals surface area contributed by atoms with Crippen molar-refractivity contribution in [2.24, 2.45) is 10.9 Å². The largest absolute Gasteiger partial charge is 0.496 e. The summed E-state index contributed by atoms with van der Waals surface area (Å²) in [6, 6.07) is 1.90. The number of hydrogen-bond acceptors (Lipinski definition) is 5. The maximum Gasteiger partial charge on any atom is 0.446 e. The maximum absolute atomic E-state index is 13.8. The summed E-state index contributed by atoms with van der Waals surface area (Å²) < 4.78 is 33.5. The summed E-state index contributed by atoms with van der Waals surface area (Å²) in [6.45, 7) is 3.14. The highest BCUT2D eigenvalue weighted by Gasteiger charge is 2.50. The number of halogens is 2. The van der Waals surface area contributed by atoms with Crippen molar-refractivity contribution in [2.75, 3.05) is 25.5 Å². The quantitative estimate of drug-likeness (QED) is 0.758. The third-order valence-corrected chi connectivity index (χ3v) is 4.48. The number of carbonyl (C=O) groups excluding carboxylic acids is 3. The average Bonchev–Trinajstić information content (AvgIpc) is 2.67. The van der Waals surface area contributed by atoms with Crippen LogP contribution in [0.15, 0.2) is 34.5 Å². The predicted octanol–water partition coefficient (Wildman–Crippen LogP) is 1.92. The Morgan fingerprint density at radius 2 is 2.07 bits per heavy atom. The lowest BCUT2D eigenvalue weighted by Crippen LogP contribution is -2.56. The summed E-state index contributed by atoms with van der Waals surface area (Å²) in [5.41, 5.74) is 0.372. The lowest BCUT2D eigenvalue weighted by Gasteiger charge is -2.29. The summed E-state index contributed by atoms with van der Waals surface area (Å²) in [6.07, 6.45) is 1.51. The zero-order valence-corrected chi connectivity index (χ0v) is 16.0. The molecule has 0 aliphatic carbocycles. The van der Waals surface area contributed by atoms with Crippen LogP contribution in [0.25, 0.3) is 0 Å². The first-order valence-corrected chi connectivity index (χ1v) is 8.83. The van der Waals surface area contributed by atoms with Crippen LogP contribution >= 0.6 is 0 Å². The first-order chi connectivity index (χ1) is 13.7. The van der Waals surface area contributed by atoms with E-state index in [1.807, 2.05) is 0 Å². The number of dihydropyridines is 1. The molecule has 2 aliphatic rings. The number of imide groups is 1. The van der Waals surface area contributed by atoms with Crippen LogP contribution in [0.4, 0.5) is 19.3 Å². The number of nitrogens with zero attached hydrogens (tertiary/aromatic N) is 3. The minimum atomic E-state index is -0.971. The van der Waals surface area contributed by atoms with Gasteiger partial charge in [0.05, 0.1) is 19.3 Å². The minimum Gasteiger partial charge on any atom is -0.496 e. The Labute approximate surface area is 165 Å². The first kappa shape index (κ1) is 20.3. The molecule has 10 heteroatoms.